The zero-order valence-electron chi connectivity index (χ0n) is 8.19. The quantitative estimate of drug-likeness (QED) is 0.792. The summed E-state index contributed by atoms with van der Waals surface area (Å²) in [5, 5.41) is 10.2. The fraction of sp³-hybridized carbons (Fsp3) is 0.182. The van der Waals surface area contributed by atoms with Gasteiger partial charge >= 0.3 is 5.97 Å². The second-order valence-electron chi connectivity index (χ2n) is 3.06. The van der Waals surface area contributed by atoms with Crippen LogP contribution in [0, 0.1) is 0 Å². The van der Waals surface area contributed by atoms with Crippen LogP contribution in [-0.4, -0.2) is 18.2 Å². The van der Waals surface area contributed by atoms with Crippen molar-refractivity contribution < 1.29 is 14.6 Å². The second-order valence-corrected chi connectivity index (χ2v) is 4.11. The first-order valence-corrected chi connectivity index (χ1v) is 5.29. The van der Waals surface area contributed by atoms with Crippen LogP contribution in [0.2, 0.25) is 0 Å². The number of thiophene rings is 1. The predicted molar refractivity (Wildman–Crippen MR) is 59.1 cm³/mol. The van der Waals surface area contributed by atoms with Crippen molar-refractivity contribution in [2.24, 2.45) is 0 Å². The van der Waals surface area contributed by atoms with Gasteiger partial charge in [0.1, 0.15) is 4.88 Å². The number of fused-ring (bicyclic) bond motifs is 1. The van der Waals surface area contributed by atoms with Crippen molar-refractivity contribution >= 4 is 27.4 Å². The minimum atomic E-state index is -0.389. The first-order chi connectivity index (χ1) is 7.27. The standard InChI is InChI=1S/C11H10O3S/c1-14-11(13)10-8(6-12)7-4-2-3-5-9(7)15-10/h2-5,12H,6H2,1H3. The molecule has 0 atom stereocenters. The Morgan fingerprint density at radius 1 is 1.47 bits per heavy atom. The number of hydrogen-bond acceptors (Lipinski definition) is 4. The van der Waals surface area contributed by atoms with Gasteiger partial charge in [-0.05, 0) is 11.5 Å². The van der Waals surface area contributed by atoms with Crippen molar-refractivity contribution in [2.75, 3.05) is 7.11 Å². The lowest BCUT2D eigenvalue weighted by Gasteiger charge is -1.98. The molecule has 0 bridgehead atoms. The van der Waals surface area contributed by atoms with E-state index >= 15 is 0 Å². The zero-order valence-corrected chi connectivity index (χ0v) is 9.00. The highest BCUT2D eigenvalue weighted by atomic mass is 32.1. The maximum absolute atomic E-state index is 11.4. The molecule has 0 unspecified atom stereocenters. The van der Waals surface area contributed by atoms with E-state index in [0.717, 1.165) is 10.1 Å². The van der Waals surface area contributed by atoms with E-state index < -0.39 is 0 Å². The summed E-state index contributed by atoms with van der Waals surface area (Å²) in [6.07, 6.45) is 0. The highest BCUT2D eigenvalue weighted by molar-refractivity contribution is 7.21. The number of carbonyl (C=O) groups is 1. The molecule has 1 heterocycles. The molecule has 0 aliphatic carbocycles. The molecule has 3 nitrogen and oxygen atoms in total. The van der Waals surface area contributed by atoms with Crippen LogP contribution in [0.4, 0.5) is 0 Å². The number of ether oxygens (including phenoxy) is 1. The van der Waals surface area contributed by atoms with E-state index in [0.29, 0.717) is 10.4 Å². The number of esters is 1. The topological polar surface area (TPSA) is 46.5 Å². The molecule has 0 saturated heterocycles. The van der Waals surface area contributed by atoms with E-state index in [1.807, 2.05) is 24.3 Å². The summed E-state index contributed by atoms with van der Waals surface area (Å²) in [7, 11) is 1.34. The van der Waals surface area contributed by atoms with Crippen LogP contribution in [0.1, 0.15) is 15.2 Å². The summed E-state index contributed by atoms with van der Waals surface area (Å²) in [5.74, 6) is -0.389. The fourth-order valence-corrected chi connectivity index (χ4v) is 2.65. The molecular formula is C11H10O3S. The third-order valence-corrected chi connectivity index (χ3v) is 3.42. The van der Waals surface area contributed by atoms with Gasteiger partial charge in [-0.1, -0.05) is 18.2 Å². The molecule has 0 spiro atoms. The van der Waals surface area contributed by atoms with Gasteiger partial charge in [-0.15, -0.1) is 11.3 Å². The number of carbonyl (C=O) groups excluding carboxylic acids is 1. The first-order valence-electron chi connectivity index (χ1n) is 4.47. The highest BCUT2D eigenvalue weighted by Crippen LogP contribution is 2.31. The molecule has 1 aromatic heterocycles. The molecule has 0 radical (unpaired) electrons. The third kappa shape index (κ3) is 1.62. The van der Waals surface area contributed by atoms with E-state index in [2.05, 4.69) is 4.74 Å². The maximum Gasteiger partial charge on any atom is 0.348 e. The number of aliphatic hydroxyl groups excluding tert-OH is 1. The van der Waals surface area contributed by atoms with Gasteiger partial charge in [0.2, 0.25) is 0 Å². The first kappa shape index (κ1) is 10.1. The van der Waals surface area contributed by atoms with Crippen LogP contribution >= 0.6 is 11.3 Å². The van der Waals surface area contributed by atoms with Gasteiger partial charge in [0, 0.05) is 10.3 Å². The summed E-state index contributed by atoms with van der Waals surface area (Å²) >= 11 is 1.35. The van der Waals surface area contributed by atoms with Crippen molar-refractivity contribution in [1.29, 1.82) is 0 Å². The van der Waals surface area contributed by atoms with E-state index in [1.165, 1.54) is 18.4 Å². The molecule has 2 rings (SSSR count). The van der Waals surface area contributed by atoms with Crippen LogP contribution in [0.5, 0.6) is 0 Å². The van der Waals surface area contributed by atoms with Gasteiger partial charge < -0.3 is 9.84 Å². The van der Waals surface area contributed by atoms with Crippen LogP contribution in [-0.2, 0) is 11.3 Å². The minimum Gasteiger partial charge on any atom is -0.465 e. The fourth-order valence-electron chi connectivity index (χ4n) is 1.51. The lowest BCUT2D eigenvalue weighted by molar-refractivity contribution is 0.0603. The van der Waals surface area contributed by atoms with Gasteiger partial charge in [-0.2, -0.15) is 0 Å². The van der Waals surface area contributed by atoms with Crippen LogP contribution in [0.25, 0.3) is 10.1 Å². The van der Waals surface area contributed by atoms with Crippen molar-refractivity contribution in [3.63, 3.8) is 0 Å². The van der Waals surface area contributed by atoms with Crippen molar-refractivity contribution in [1.82, 2.24) is 0 Å². The SMILES string of the molecule is COC(=O)c1sc2ccccc2c1CO. The molecule has 2 aromatic rings. The average molecular weight is 222 g/mol. The molecule has 0 aliphatic heterocycles. The number of aliphatic hydroxyl groups is 1. The van der Waals surface area contributed by atoms with Crippen molar-refractivity contribution in [2.45, 2.75) is 6.61 Å². The average Bonchev–Trinajstić information content (AvgIpc) is 2.66. The largest absolute Gasteiger partial charge is 0.465 e. The molecule has 4 heteroatoms. The number of hydrogen-bond donors (Lipinski definition) is 1. The Morgan fingerprint density at radius 2 is 2.20 bits per heavy atom. The molecule has 1 N–H and O–H groups in total. The van der Waals surface area contributed by atoms with Crippen LogP contribution in [0.15, 0.2) is 24.3 Å². The van der Waals surface area contributed by atoms with Gasteiger partial charge in [-0.3, -0.25) is 0 Å². The van der Waals surface area contributed by atoms with E-state index in [9.17, 15) is 9.90 Å². The van der Waals surface area contributed by atoms with Gasteiger partial charge in [0.25, 0.3) is 0 Å². The van der Waals surface area contributed by atoms with E-state index in [1.54, 1.807) is 0 Å². The number of rotatable bonds is 2. The summed E-state index contributed by atoms with van der Waals surface area (Å²) in [6.45, 7) is -0.144. The Bertz CT molecular complexity index is 502. The lowest BCUT2D eigenvalue weighted by Crippen LogP contribution is -2.01. The molecule has 0 aliphatic rings. The molecule has 15 heavy (non-hydrogen) atoms. The Kier molecular flexibility index (Phi) is 2.70. The normalized spacial score (nSPS) is 10.5. The van der Waals surface area contributed by atoms with Crippen LogP contribution in [0.3, 0.4) is 0 Å². The van der Waals surface area contributed by atoms with E-state index in [4.69, 9.17) is 0 Å². The van der Waals surface area contributed by atoms with Gasteiger partial charge in [0.05, 0.1) is 13.7 Å². The summed E-state index contributed by atoms with van der Waals surface area (Å²) < 4.78 is 5.66. The summed E-state index contributed by atoms with van der Waals surface area (Å²) in [4.78, 5) is 11.9. The van der Waals surface area contributed by atoms with E-state index in [-0.39, 0.29) is 12.6 Å². The van der Waals surface area contributed by atoms with Gasteiger partial charge in [0.15, 0.2) is 0 Å². The van der Waals surface area contributed by atoms with Crippen LogP contribution < -0.4 is 0 Å². The second kappa shape index (κ2) is 4.00. The summed E-state index contributed by atoms with van der Waals surface area (Å²) in [5.41, 5.74) is 0.655. The zero-order chi connectivity index (χ0) is 10.8. The molecule has 0 fully saturated rings. The molecular weight excluding hydrogens is 212 g/mol. The van der Waals surface area contributed by atoms with Crippen molar-refractivity contribution in [3.8, 4) is 0 Å². The molecule has 0 amide bonds. The summed E-state index contributed by atoms with van der Waals surface area (Å²) in [6, 6.07) is 7.60. The Balaban J connectivity index is 2.69. The predicted octanol–water partition coefficient (Wildman–Crippen LogP) is 2.18. The Hall–Kier alpha value is -1.39. The molecule has 1 aromatic carbocycles. The Morgan fingerprint density at radius 3 is 2.87 bits per heavy atom. The van der Waals surface area contributed by atoms with Gasteiger partial charge in [-0.25, -0.2) is 4.79 Å². The monoisotopic (exact) mass is 222 g/mol. The Labute approximate surface area is 90.9 Å². The number of benzene rings is 1. The minimum absolute atomic E-state index is 0.144. The molecule has 0 saturated carbocycles. The smallest absolute Gasteiger partial charge is 0.348 e. The lowest BCUT2D eigenvalue weighted by atomic mass is 10.1. The number of methoxy groups -OCH3 is 1. The third-order valence-electron chi connectivity index (χ3n) is 2.23. The maximum atomic E-state index is 11.4. The highest BCUT2D eigenvalue weighted by Gasteiger charge is 2.17. The molecule has 78 valence electrons. The van der Waals surface area contributed by atoms with Crippen molar-refractivity contribution in [3.05, 3.63) is 34.7 Å².